The zero-order valence-corrected chi connectivity index (χ0v) is 16.2. The Morgan fingerprint density at radius 1 is 1.21 bits per heavy atom. The van der Waals surface area contributed by atoms with Crippen LogP contribution in [0.2, 0.25) is 0 Å². The van der Waals surface area contributed by atoms with Gasteiger partial charge in [-0.1, -0.05) is 12.1 Å². The van der Waals surface area contributed by atoms with Crippen molar-refractivity contribution in [2.45, 2.75) is 13.1 Å². The average Bonchev–Trinajstić information content (AvgIpc) is 3.01. The molecule has 0 saturated heterocycles. The number of nitrogens with zero attached hydrogens (tertiary/aromatic N) is 4. The van der Waals surface area contributed by atoms with Crippen LogP contribution in [-0.4, -0.2) is 53.9 Å². The zero-order valence-electron chi connectivity index (χ0n) is 16.2. The van der Waals surface area contributed by atoms with E-state index in [1.165, 1.54) is 4.90 Å². The largest absolute Gasteiger partial charge is 0.482 e. The molecule has 0 aliphatic carbocycles. The van der Waals surface area contributed by atoms with E-state index in [1.807, 2.05) is 47.8 Å². The fourth-order valence-corrected chi connectivity index (χ4v) is 3.39. The van der Waals surface area contributed by atoms with Gasteiger partial charge in [0.05, 0.1) is 29.8 Å². The number of ether oxygens (including phenoxy) is 1. The Bertz CT molecular complexity index is 1070. The van der Waals surface area contributed by atoms with E-state index < -0.39 is 0 Å². The maximum absolute atomic E-state index is 13.1. The lowest BCUT2D eigenvalue weighted by Crippen LogP contribution is -2.35. The molecule has 2 aromatic carbocycles. The van der Waals surface area contributed by atoms with Crippen molar-refractivity contribution in [2.75, 3.05) is 32.6 Å². The van der Waals surface area contributed by atoms with Gasteiger partial charge in [-0.3, -0.25) is 9.59 Å². The highest BCUT2D eigenvalue weighted by atomic mass is 16.5. The van der Waals surface area contributed by atoms with Gasteiger partial charge in [0.2, 0.25) is 0 Å². The van der Waals surface area contributed by atoms with Gasteiger partial charge in [0.15, 0.2) is 12.4 Å². The van der Waals surface area contributed by atoms with Gasteiger partial charge in [0.25, 0.3) is 5.91 Å². The molecular formula is C21H22N4O3. The van der Waals surface area contributed by atoms with Gasteiger partial charge in [0.1, 0.15) is 11.6 Å². The third kappa shape index (κ3) is 3.25. The molecule has 0 radical (unpaired) electrons. The Morgan fingerprint density at radius 2 is 2.00 bits per heavy atom. The predicted molar refractivity (Wildman–Crippen MR) is 107 cm³/mol. The lowest BCUT2D eigenvalue weighted by Gasteiger charge is -2.26. The number of likely N-dealkylation sites (N-methyl/N-ethyl adjacent to an activating group) is 1. The summed E-state index contributed by atoms with van der Waals surface area (Å²) in [6.07, 6.45) is 0. The molecule has 0 bridgehead atoms. The van der Waals surface area contributed by atoms with Gasteiger partial charge in [-0.05, 0) is 44.4 Å². The Morgan fingerprint density at radius 3 is 2.79 bits per heavy atom. The van der Waals surface area contributed by atoms with E-state index in [-0.39, 0.29) is 24.8 Å². The van der Waals surface area contributed by atoms with E-state index in [0.29, 0.717) is 23.5 Å². The molecule has 28 heavy (non-hydrogen) atoms. The van der Waals surface area contributed by atoms with Crippen LogP contribution in [0.15, 0.2) is 42.5 Å². The Kier molecular flexibility index (Phi) is 4.60. The van der Waals surface area contributed by atoms with E-state index in [0.717, 1.165) is 16.9 Å². The van der Waals surface area contributed by atoms with Gasteiger partial charge < -0.3 is 19.1 Å². The standard InChI is InChI=1S/C21H22N4O3/c1-23(2)12-20-22-15-6-4-5-7-16(15)25(20)11-18(26)14-8-9-19-17(10-14)24(3)21(27)13-28-19/h4-10H,11-13H2,1-3H3. The molecule has 144 valence electrons. The SMILES string of the molecule is CN(C)Cc1nc2ccccc2n1CC(=O)c1ccc2c(c1)N(C)C(=O)CO2. The molecule has 7 heteroatoms. The minimum atomic E-state index is -0.133. The van der Waals surface area contributed by atoms with E-state index in [9.17, 15) is 9.59 Å². The highest BCUT2D eigenvalue weighted by Crippen LogP contribution is 2.32. The van der Waals surface area contributed by atoms with E-state index in [2.05, 4.69) is 4.98 Å². The predicted octanol–water partition coefficient (Wildman–Crippen LogP) is 2.34. The topological polar surface area (TPSA) is 67.7 Å². The number of amides is 1. The van der Waals surface area contributed by atoms with Crippen molar-refractivity contribution in [1.29, 1.82) is 0 Å². The Hall–Kier alpha value is -3.19. The summed E-state index contributed by atoms with van der Waals surface area (Å²) in [6.45, 7) is 0.837. The van der Waals surface area contributed by atoms with Gasteiger partial charge in [-0.2, -0.15) is 0 Å². The van der Waals surface area contributed by atoms with Gasteiger partial charge in [-0.25, -0.2) is 4.98 Å². The number of benzene rings is 2. The minimum absolute atomic E-state index is 0.0196. The second-order valence-electron chi connectivity index (χ2n) is 7.19. The van der Waals surface area contributed by atoms with Crippen molar-refractivity contribution >= 4 is 28.4 Å². The Balaban J connectivity index is 1.68. The molecule has 1 aliphatic rings. The number of rotatable bonds is 5. The highest BCUT2D eigenvalue weighted by molar-refractivity contribution is 6.02. The number of aromatic nitrogens is 2. The third-order valence-corrected chi connectivity index (χ3v) is 4.86. The molecule has 4 rings (SSSR count). The molecule has 0 atom stereocenters. The summed E-state index contributed by atoms with van der Waals surface area (Å²) in [4.78, 5) is 33.2. The van der Waals surface area contributed by atoms with Crippen molar-refractivity contribution < 1.29 is 14.3 Å². The molecule has 2 heterocycles. The quantitative estimate of drug-likeness (QED) is 0.638. The molecule has 0 unspecified atom stereocenters. The van der Waals surface area contributed by atoms with Crippen molar-refractivity contribution in [3.8, 4) is 5.75 Å². The molecule has 1 aliphatic heterocycles. The molecule has 7 nitrogen and oxygen atoms in total. The average molecular weight is 378 g/mol. The highest BCUT2D eigenvalue weighted by Gasteiger charge is 2.24. The number of anilines is 1. The molecule has 0 N–H and O–H groups in total. The lowest BCUT2D eigenvalue weighted by atomic mass is 10.1. The normalized spacial score (nSPS) is 13.7. The maximum Gasteiger partial charge on any atom is 0.264 e. The zero-order chi connectivity index (χ0) is 19.8. The summed E-state index contributed by atoms with van der Waals surface area (Å²) < 4.78 is 7.40. The number of carbonyl (C=O) groups excluding carboxylic acids is 2. The van der Waals surface area contributed by atoms with Crippen molar-refractivity contribution in [3.63, 3.8) is 0 Å². The molecule has 0 saturated carbocycles. The van der Waals surface area contributed by atoms with Crippen LogP contribution in [0, 0.1) is 0 Å². The molecule has 3 aromatic rings. The molecule has 1 amide bonds. The van der Waals surface area contributed by atoms with Crippen LogP contribution in [0.4, 0.5) is 5.69 Å². The smallest absolute Gasteiger partial charge is 0.264 e. The first-order chi connectivity index (χ1) is 13.4. The van der Waals surface area contributed by atoms with Crippen LogP contribution in [-0.2, 0) is 17.9 Å². The molecule has 1 aromatic heterocycles. The number of carbonyl (C=O) groups is 2. The summed E-state index contributed by atoms with van der Waals surface area (Å²) in [6, 6.07) is 13.0. The first kappa shape index (κ1) is 18.2. The number of hydrogen-bond acceptors (Lipinski definition) is 5. The fraction of sp³-hybridized carbons (Fsp3) is 0.286. The van der Waals surface area contributed by atoms with Crippen molar-refractivity contribution in [3.05, 3.63) is 53.9 Å². The third-order valence-electron chi connectivity index (χ3n) is 4.86. The summed E-state index contributed by atoms with van der Waals surface area (Å²) >= 11 is 0. The number of hydrogen-bond donors (Lipinski definition) is 0. The molecule has 0 spiro atoms. The summed E-state index contributed by atoms with van der Waals surface area (Å²) in [5, 5.41) is 0. The van der Waals surface area contributed by atoms with Crippen molar-refractivity contribution in [1.82, 2.24) is 14.5 Å². The van der Waals surface area contributed by atoms with Crippen LogP contribution in [0.25, 0.3) is 11.0 Å². The van der Waals surface area contributed by atoms with Gasteiger partial charge in [0, 0.05) is 12.6 Å². The van der Waals surface area contributed by atoms with E-state index in [4.69, 9.17) is 4.74 Å². The summed E-state index contributed by atoms with van der Waals surface area (Å²) in [5.74, 6) is 1.27. The Labute approximate surface area is 163 Å². The first-order valence-corrected chi connectivity index (χ1v) is 9.09. The summed E-state index contributed by atoms with van der Waals surface area (Å²) in [7, 11) is 5.64. The second kappa shape index (κ2) is 7.09. The summed E-state index contributed by atoms with van der Waals surface area (Å²) in [5.41, 5.74) is 2.96. The van der Waals surface area contributed by atoms with Crippen LogP contribution in [0.5, 0.6) is 5.75 Å². The minimum Gasteiger partial charge on any atom is -0.482 e. The van der Waals surface area contributed by atoms with Crippen LogP contribution in [0.1, 0.15) is 16.2 Å². The second-order valence-corrected chi connectivity index (χ2v) is 7.19. The maximum atomic E-state index is 13.1. The van der Waals surface area contributed by atoms with E-state index >= 15 is 0 Å². The number of imidazole rings is 1. The van der Waals surface area contributed by atoms with Crippen molar-refractivity contribution in [2.24, 2.45) is 0 Å². The number of para-hydroxylation sites is 2. The fourth-order valence-electron chi connectivity index (χ4n) is 3.39. The number of fused-ring (bicyclic) bond motifs is 2. The molecular weight excluding hydrogens is 356 g/mol. The first-order valence-electron chi connectivity index (χ1n) is 9.09. The number of ketones is 1. The van der Waals surface area contributed by atoms with Crippen LogP contribution in [0.3, 0.4) is 0 Å². The van der Waals surface area contributed by atoms with Gasteiger partial charge >= 0.3 is 0 Å². The van der Waals surface area contributed by atoms with Crippen LogP contribution >= 0.6 is 0 Å². The van der Waals surface area contributed by atoms with E-state index in [1.54, 1.807) is 25.2 Å². The lowest BCUT2D eigenvalue weighted by molar-refractivity contribution is -0.120. The van der Waals surface area contributed by atoms with Crippen LogP contribution < -0.4 is 9.64 Å². The molecule has 0 fully saturated rings. The monoisotopic (exact) mass is 378 g/mol. The van der Waals surface area contributed by atoms with Gasteiger partial charge in [-0.15, -0.1) is 0 Å². The number of Topliss-reactive ketones (excluding diaryl/α,β-unsaturated/α-hetero) is 1.